The third-order valence-electron chi connectivity index (χ3n) is 3.86. The van der Waals surface area contributed by atoms with E-state index in [0.717, 1.165) is 12.3 Å². The molecule has 2 rings (SSSR count). The van der Waals surface area contributed by atoms with Gasteiger partial charge in [0.05, 0.1) is 11.2 Å². The van der Waals surface area contributed by atoms with Gasteiger partial charge in [-0.1, -0.05) is 12.8 Å². The quantitative estimate of drug-likeness (QED) is 0.826. The zero-order valence-electron chi connectivity index (χ0n) is 10.8. The summed E-state index contributed by atoms with van der Waals surface area (Å²) in [6, 6.07) is 0. The second-order valence-corrected chi connectivity index (χ2v) is 6.65. The van der Waals surface area contributed by atoms with E-state index in [2.05, 4.69) is 36.5 Å². The number of hydrogen-bond donors (Lipinski definition) is 1. The van der Waals surface area contributed by atoms with Gasteiger partial charge in [0.1, 0.15) is 0 Å². The Labute approximate surface area is 114 Å². The molecule has 1 aliphatic carbocycles. The van der Waals surface area contributed by atoms with Gasteiger partial charge >= 0.3 is 0 Å². The van der Waals surface area contributed by atoms with Gasteiger partial charge in [0.25, 0.3) is 0 Å². The molecule has 0 amide bonds. The fourth-order valence-corrected chi connectivity index (χ4v) is 4.12. The number of hydrogen-bond acceptors (Lipinski definition) is 4. The van der Waals surface area contributed by atoms with Crippen molar-refractivity contribution in [1.29, 1.82) is 0 Å². The van der Waals surface area contributed by atoms with Gasteiger partial charge in [-0.25, -0.2) is 4.98 Å². The molecule has 4 heteroatoms. The lowest BCUT2D eigenvalue weighted by Gasteiger charge is -2.32. The molecular formula is C13H22N2S2. The Morgan fingerprint density at radius 1 is 1.47 bits per heavy atom. The molecule has 1 fully saturated rings. The van der Waals surface area contributed by atoms with Crippen molar-refractivity contribution in [2.45, 2.75) is 39.2 Å². The lowest BCUT2D eigenvalue weighted by Crippen LogP contribution is -2.34. The fraction of sp³-hybridized carbons (Fsp3) is 0.769. The Bertz CT molecular complexity index is 356. The summed E-state index contributed by atoms with van der Waals surface area (Å²) >= 11 is 6.34. The first kappa shape index (κ1) is 13.4. The third kappa shape index (κ3) is 3.24. The zero-order chi connectivity index (χ0) is 12.3. The van der Waals surface area contributed by atoms with Crippen molar-refractivity contribution >= 4 is 24.0 Å². The smallest absolute Gasteiger partial charge is 0.0798 e. The monoisotopic (exact) mass is 270 g/mol. The average molecular weight is 270 g/mol. The van der Waals surface area contributed by atoms with E-state index in [0.29, 0.717) is 5.41 Å². The normalized spacial score (nSPS) is 19.1. The SMILES string of the molecule is Cc1ncsc1CN(C)CC1(CS)CCCC1. The van der Waals surface area contributed by atoms with Crippen LogP contribution in [0.3, 0.4) is 0 Å². The molecule has 17 heavy (non-hydrogen) atoms. The zero-order valence-corrected chi connectivity index (χ0v) is 12.5. The van der Waals surface area contributed by atoms with E-state index in [1.165, 1.54) is 42.8 Å². The van der Waals surface area contributed by atoms with Gasteiger partial charge in [0.2, 0.25) is 0 Å². The molecule has 96 valence electrons. The van der Waals surface area contributed by atoms with Crippen molar-refractivity contribution in [2.24, 2.45) is 5.41 Å². The van der Waals surface area contributed by atoms with Gasteiger partial charge in [-0.15, -0.1) is 11.3 Å². The second kappa shape index (κ2) is 5.72. The second-order valence-electron chi connectivity index (χ2n) is 5.40. The minimum absolute atomic E-state index is 0.469. The van der Waals surface area contributed by atoms with Gasteiger partial charge in [-0.3, -0.25) is 0 Å². The van der Waals surface area contributed by atoms with E-state index in [9.17, 15) is 0 Å². The minimum Gasteiger partial charge on any atom is -0.301 e. The molecule has 0 N–H and O–H groups in total. The van der Waals surface area contributed by atoms with Crippen LogP contribution in [-0.2, 0) is 6.54 Å². The number of aromatic nitrogens is 1. The molecule has 2 nitrogen and oxygen atoms in total. The molecule has 1 saturated carbocycles. The summed E-state index contributed by atoms with van der Waals surface area (Å²) in [5.74, 6) is 1.03. The maximum absolute atomic E-state index is 4.57. The lowest BCUT2D eigenvalue weighted by molar-refractivity contribution is 0.196. The topological polar surface area (TPSA) is 16.1 Å². The minimum atomic E-state index is 0.469. The molecule has 1 aliphatic rings. The molecular weight excluding hydrogens is 248 g/mol. The van der Waals surface area contributed by atoms with Crippen LogP contribution in [0.4, 0.5) is 0 Å². The van der Waals surface area contributed by atoms with E-state index < -0.39 is 0 Å². The Morgan fingerprint density at radius 3 is 2.71 bits per heavy atom. The number of rotatable bonds is 5. The first-order chi connectivity index (χ1) is 8.15. The molecule has 0 aromatic carbocycles. The lowest BCUT2D eigenvalue weighted by atomic mass is 9.88. The number of thiazole rings is 1. The van der Waals surface area contributed by atoms with Crippen molar-refractivity contribution in [1.82, 2.24) is 9.88 Å². The van der Waals surface area contributed by atoms with Crippen molar-refractivity contribution < 1.29 is 0 Å². The number of thiol groups is 1. The van der Waals surface area contributed by atoms with E-state index >= 15 is 0 Å². The Kier molecular flexibility index (Phi) is 4.50. The summed E-state index contributed by atoms with van der Waals surface area (Å²) < 4.78 is 0. The molecule has 0 atom stereocenters. The van der Waals surface area contributed by atoms with Gasteiger partial charge in [0, 0.05) is 18.0 Å². The van der Waals surface area contributed by atoms with E-state index in [4.69, 9.17) is 0 Å². The molecule has 0 saturated heterocycles. The third-order valence-corrected chi connectivity index (χ3v) is 5.45. The van der Waals surface area contributed by atoms with Crippen LogP contribution in [0, 0.1) is 12.3 Å². The van der Waals surface area contributed by atoms with Crippen LogP contribution in [-0.4, -0.2) is 29.2 Å². The van der Waals surface area contributed by atoms with Crippen LogP contribution in [0.25, 0.3) is 0 Å². The predicted octanol–water partition coefficient (Wildman–Crippen LogP) is 3.37. The fourth-order valence-electron chi connectivity index (χ4n) is 2.84. The van der Waals surface area contributed by atoms with E-state index in [1.807, 2.05) is 5.51 Å². The van der Waals surface area contributed by atoms with Crippen molar-refractivity contribution in [3.63, 3.8) is 0 Å². The Balaban J connectivity index is 1.92. The van der Waals surface area contributed by atoms with Gasteiger partial charge in [0.15, 0.2) is 0 Å². The highest BCUT2D eigenvalue weighted by molar-refractivity contribution is 7.80. The molecule has 0 aliphatic heterocycles. The molecule has 0 bridgehead atoms. The van der Waals surface area contributed by atoms with Crippen molar-refractivity contribution in [2.75, 3.05) is 19.3 Å². The molecule has 1 aromatic rings. The highest BCUT2D eigenvalue weighted by Gasteiger charge is 2.33. The van der Waals surface area contributed by atoms with Crippen LogP contribution < -0.4 is 0 Å². The Morgan fingerprint density at radius 2 is 2.18 bits per heavy atom. The summed E-state index contributed by atoms with van der Waals surface area (Å²) in [5.41, 5.74) is 3.60. The van der Waals surface area contributed by atoms with Crippen LogP contribution in [0.15, 0.2) is 5.51 Å². The summed E-state index contributed by atoms with van der Waals surface area (Å²) in [7, 11) is 2.22. The summed E-state index contributed by atoms with van der Waals surface area (Å²) in [5, 5.41) is 0. The number of aryl methyl sites for hydroxylation is 1. The molecule has 0 radical (unpaired) electrons. The summed E-state index contributed by atoms with van der Waals surface area (Å²) in [4.78, 5) is 8.16. The van der Waals surface area contributed by atoms with Crippen LogP contribution >= 0.6 is 24.0 Å². The average Bonchev–Trinajstić information content (AvgIpc) is 2.90. The van der Waals surface area contributed by atoms with Crippen molar-refractivity contribution in [3.05, 3.63) is 16.1 Å². The van der Waals surface area contributed by atoms with Crippen LogP contribution in [0.1, 0.15) is 36.3 Å². The van der Waals surface area contributed by atoms with Gasteiger partial charge in [-0.05, 0) is 38.0 Å². The molecule has 0 unspecified atom stereocenters. The highest BCUT2D eigenvalue weighted by atomic mass is 32.1. The van der Waals surface area contributed by atoms with E-state index in [1.54, 1.807) is 11.3 Å². The number of nitrogens with zero attached hydrogens (tertiary/aromatic N) is 2. The maximum Gasteiger partial charge on any atom is 0.0798 e. The van der Waals surface area contributed by atoms with Crippen LogP contribution in [0.5, 0.6) is 0 Å². The van der Waals surface area contributed by atoms with Gasteiger partial charge < -0.3 is 4.90 Å². The maximum atomic E-state index is 4.57. The van der Waals surface area contributed by atoms with Crippen LogP contribution in [0.2, 0.25) is 0 Å². The van der Waals surface area contributed by atoms with E-state index in [-0.39, 0.29) is 0 Å². The van der Waals surface area contributed by atoms with Crippen molar-refractivity contribution in [3.8, 4) is 0 Å². The summed E-state index contributed by atoms with van der Waals surface area (Å²) in [6.07, 6.45) is 5.47. The van der Waals surface area contributed by atoms with Gasteiger partial charge in [-0.2, -0.15) is 12.6 Å². The predicted molar refractivity (Wildman–Crippen MR) is 77.9 cm³/mol. The molecule has 1 heterocycles. The summed E-state index contributed by atoms with van der Waals surface area (Å²) in [6.45, 7) is 4.31. The standard InChI is InChI=1S/C13H22N2S2/c1-11-12(17-10-14-11)7-15(2)8-13(9-16)5-3-4-6-13/h10,16H,3-9H2,1-2H3. The molecule has 1 aromatic heterocycles. The molecule has 0 spiro atoms. The Hall–Kier alpha value is -0.0600. The first-order valence-electron chi connectivity index (χ1n) is 6.34. The highest BCUT2D eigenvalue weighted by Crippen LogP contribution is 2.39. The largest absolute Gasteiger partial charge is 0.301 e. The first-order valence-corrected chi connectivity index (χ1v) is 7.85.